The molecule has 1 aromatic rings. The molecule has 210 valence electrons. The molecular weight excluding hydrogens is 486 g/mol. The molecule has 1 N–H and O–H groups in total. The highest BCUT2D eigenvalue weighted by Crippen LogP contribution is 2.60. The molecule has 1 amide bonds. The minimum atomic E-state index is -0.877. The van der Waals surface area contributed by atoms with Gasteiger partial charge in [0.05, 0.1) is 20.3 Å². The molecule has 4 aliphatic carbocycles. The highest BCUT2D eigenvalue weighted by Gasteiger charge is 2.51. The number of nitrogens with one attached hydrogen (secondary N) is 1. The van der Waals surface area contributed by atoms with Crippen molar-refractivity contribution in [2.75, 3.05) is 20.3 Å². The van der Waals surface area contributed by atoms with Gasteiger partial charge in [0.25, 0.3) is 0 Å². The summed E-state index contributed by atoms with van der Waals surface area (Å²) in [5, 5.41) is 2.74. The van der Waals surface area contributed by atoms with E-state index in [0.29, 0.717) is 25.2 Å². The van der Waals surface area contributed by atoms with Crippen LogP contribution in [0.5, 0.6) is 5.75 Å². The molecule has 0 saturated heterocycles. The molecule has 38 heavy (non-hydrogen) atoms. The third kappa shape index (κ3) is 7.87. The van der Waals surface area contributed by atoms with Gasteiger partial charge in [0, 0.05) is 18.3 Å². The number of ether oxygens (including phenoxy) is 4. The molecule has 0 aromatic heterocycles. The summed E-state index contributed by atoms with van der Waals surface area (Å²) in [4.78, 5) is 37.0. The number of carbonyl (C=O) groups excluding carboxylic acids is 3. The lowest BCUT2D eigenvalue weighted by atomic mass is 9.50. The molecule has 8 heteroatoms. The van der Waals surface area contributed by atoms with Gasteiger partial charge in [0.15, 0.2) is 0 Å². The van der Waals surface area contributed by atoms with E-state index in [2.05, 4.69) is 10.1 Å². The van der Waals surface area contributed by atoms with E-state index in [9.17, 15) is 14.4 Å². The van der Waals surface area contributed by atoms with E-state index < -0.39 is 23.7 Å². The average molecular weight is 530 g/mol. The molecule has 0 aliphatic heterocycles. The molecule has 0 heterocycles. The minimum absolute atomic E-state index is 0.111. The van der Waals surface area contributed by atoms with Crippen molar-refractivity contribution in [3.63, 3.8) is 0 Å². The third-order valence-corrected chi connectivity index (χ3v) is 8.10. The van der Waals surface area contributed by atoms with Crippen LogP contribution in [0.4, 0.5) is 4.79 Å². The van der Waals surface area contributed by atoms with Crippen molar-refractivity contribution in [1.82, 2.24) is 5.32 Å². The van der Waals surface area contributed by atoms with Gasteiger partial charge in [-0.25, -0.2) is 9.59 Å². The van der Waals surface area contributed by atoms with Crippen molar-refractivity contribution in [1.29, 1.82) is 0 Å². The normalized spacial score (nSPS) is 26.4. The number of benzene rings is 1. The predicted octanol–water partition coefficient (Wildman–Crippen LogP) is 5.21. The summed E-state index contributed by atoms with van der Waals surface area (Å²) >= 11 is 0. The molecule has 5 rings (SSSR count). The molecule has 0 radical (unpaired) electrons. The van der Waals surface area contributed by atoms with E-state index in [4.69, 9.17) is 14.2 Å². The first-order valence-electron chi connectivity index (χ1n) is 14.0. The highest BCUT2D eigenvalue weighted by atomic mass is 16.6. The van der Waals surface area contributed by atoms with Crippen molar-refractivity contribution in [2.24, 2.45) is 23.2 Å². The fraction of sp³-hybridized carbons (Fsp3) is 0.700. The standard InChI is InChI=1S/C30H43NO7/c1-29(2,3)38-27(33)25(11-12-36-24-8-5-20(6-9-24)7-10-26(32)35-4)31-28(34)37-19-30-16-21-13-22(17-30)15-23(14-21)18-30/h5-6,8-9,21-23,25H,7,10-19H2,1-4H3,(H,31,34). The summed E-state index contributed by atoms with van der Waals surface area (Å²) in [7, 11) is 1.38. The van der Waals surface area contributed by atoms with Crippen molar-refractivity contribution in [3.8, 4) is 5.75 Å². The van der Waals surface area contributed by atoms with Gasteiger partial charge in [-0.3, -0.25) is 4.79 Å². The van der Waals surface area contributed by atoms with Crippen LogP contribution in [-0.2, 0) is 30.2 Å². The molecule has 8 nitrogen and oxygen atoms in total. The number of aryl methyl sites for hydroxylation is 1. The maximum Gasteiger partial charge on any atom is 0.407 e. The Kier molecular flexibility index (Phi) is 8.89. The van der Waals surface area contributed by atoms with Gasteiger partial charge in [0.1, 0.15) is 17.4 Å². The first-order valence-corrected chi connectivity index (χ1v) is 14.0. The number of esters is 2. The fourth-order valence-corrected chi connectivity index (χ4v) is 6.89. The Labute approximate surface area is 226 Å². The fourth-order valence-electron chi connectivity index (χ4n) is 6.89. The summed E-state index contributed by atoms with van der Waals surface area (Å²) in [6.45, 7) is 6.02. The van der Waals surface area contributed by atoms with Crippen molar-refractivity contribution >= 4 is 18.0 Å². The first-order chi connectivity index (χ1) is 18.0. The number of amides is 1. The van der Waals surface area contributed by atoms with Crippen molar-refractivity contribution < 1.29 is 33.3 Å². The van der Waals surface area contributed by atoms with Crippen LogP contribution in [0.15, 0.2) is 24.3 Å². The first kappa shape index (κ1) is 28.2. The third-order valence-electron chi connectivity index (χ3n) is 8.10. The Morgan fingerprint density at radius 2 is 1.61 bits per heavy atom. The summed E-state index contributed by atoms with van der Waals surface area (Å²) in [5.41, 5.74) is 0.429. The van der Waals surface area contributed by atoms with Gasteiger partial charge in [-0.2, -0.15) is 0 Å². The Morgan fingerprint density at radius 1 is 1.00 bits per heavy atom. The number of alkyl carbamates (subject to hydrolysis) is 1. The number of hydrogen-bond donors (Lipinski definition) is 1. The largest absolute Gasteiger partial charge is 0.494 e. The monoisotopic (exact) mass is 529 g/mol. The van der Waals surface area contributed by atoms with Crippen molar-refractivity contribution in [3.05, 3.63) is 29.8 Å². The number of methoxy groups -OCH3 is 1. The SMILES string of the molecule is COC(=O)CCc1ccc(OCCC(NC(=O)OCC23CC4CC(CC(C4)C2)C3)C(=O)OC(C)(C)C)cc1. The topological polar surface area (TPSA) is 100 Å². The molecular formula is C30H43NO7. The second kappa shape index (κ2) is 12.0. The van der Waals surface area contributed by atoms with Gasteiger partial charge in [-0.1, -0.05) is 12.1 Å². The zero-order valence-corrected chi connectivity index (χ0v) is 23.3. The maximum atomic E-state index is 12.9. The quantitative estimate of drug-likeness (QED) is 0.310. The Hall–Kier alpha value is -2.77. The molecule has 0 spiro atoms. The van der Waals surface area contributed by atoms with Gasteiger partial charge in [0.2, 0.25) is 0 Å². The van der Waals surface area contributed by atoms with Crippen LogP contribution in [-0.4, -0.2) is 50.0 Å². The zero-order chi connectivity index (χ0) is 27.3. The van der Waals surface area contributed by atoms with Gasteiger partial charge in [-0.05, 0) is 101 Å². The second-order valence-electron chi connectivity index (χ2n) is 12.6. The smallest absolute Gasteiger partial charge is 0.407 e. The molecule has 1 aromatic carbocycles. The Balaban J connectivity index is 1.27. The average Bonchev–Trinajstić information content (AvgIpc) is 2.84. The minimum Gasteiger partial charge on any atom is -0.494 e. The number of carbonyl (C=O) groups is 3. The van der Waals surface area contributed by atoms with Crippen LogP contribution in [0.1, 0.15) is 77.7 Å². The summed E-state index contributed by atoms with van der Waals surface area (Å²) in [5.74, 6) is 2.22. The highest BCUT2D eigenvalue weighted by molar-refractivity contribution is 5.81. The zero-order valence-electron chi connectivity index (χ0n) is 23.3. The second-order valence-corrected chi connectivity index (χ2v) is 12.6. The van der Waals surface area contributed by atoms with Crippen LogP contribution in [0.3, 0.4) is 0 Å². The van der Waals surface area contributed by atoms with Crippen LogP contribution < -0.4 is 10.1 Å². The summed E-state index contributed by atoms with van der Waals surface area (Å²) < 4.78 is 21.8. The maximum absolute atomic E-state index is 12.9. The molecule has 4 bridgehead atoms. The van der Waals surface area contributed by atoms with E-state index in [0.717, 1.165) is 42.6 Å². The van der Waals surface area contributed by atoms with E-state index in [1.807, 2.05) is 24.3 Å². The van der Waals surface area contributed by atoms with E-state index in [1.165, 1.54) is 26.4 Å². The Morgan fingerprint density at radius 3 is 2.16 bits per heavy atom. The van der Waals surface area contributed by atoms with E-state index in [-0.39, 0.29) is 24.4 Å². The van der Waals surface area contributed by atoms with E-state index in [1.54, 1.807) is 20.8 Å². The van der Waals surface area contributed by atoms with Crippen LogP contribution in [0.25, 0.3) is 0 Å². The lowest BCUT2D eigenvalue weighted by Crippen LogP contribution is -2.50. The van der Waals surface area contributed by atoms with Crippen LogP contribution in [0, 0.1) is 23.2 Å². The summed E-state index contributed by atoms with van der Waals surface area (Å²) in [6, 6.07) is 6.55. The van der Waals surface area contributed by atoms with Crippen molar-refractivity contribution in [2.45, 2.75) is 90.2 Å². The lowest BCUT2D eigenvalue weighted by Gasteiger charge is -2.56. The number of rotatable bonds is 11. The van der Waals surface area contributed by atoms with Crippen LogP contribution >= 0.6 is 0 Å². The van der Waals surface area contributed by atoms with Gasteiger partial charge >= 0.3 is 18.0 Å². The predicted molar refractivity (Wildman–Crippen MR) is 142 cm³/mol. The number of hydrogen-bond acceptors (Lipinski definition) is 7. The van der Waals surface area contributed by atoms with Gasteiger partial charge in [-0.15, -0.1) is 0 Å². The Bertz CT molecular complexity index is 946. The summed E-state index contributed by atoms with van der Waals surface area (Å²) in [6.07, 6.45) is 8.03. The molecule has 4 aliphatic rings. The van der Waals surface area contributed by atoms with Gasteiger partial charge < -0.3 is 24.3 Å². The molecule has 4 saturated carbocycles. The van der Waals surface area contributed by atoms with E-state index >= 15 is 0 Å². The molecule has 1 unspecified atom stereocenters. The lowest BCUT2D eigenvalue weighted by molar-refractivity contribution is -0.157. The molecule has 4 fully saturated rings. The molecule has 1 atom stereocenters. The van der Waals surface area contributed by atoms with Crippen LogP contribution in [0.2, 0.25) is 0 Å².